The molecule has 2 heterocycles. The van der Waals surface area contributed by atoms with E-state index in [1.54, 1.807) is 0 Å². The van der Waals surface area contributed by atoms with Gasteiger partial charge in [-0.25, -0.2) is 0 Å². The highest BCUT2D eigenvalue weighted by Gasteiger charge is 2.26. The Balaban J connectivity index is 1.06. The Bertz CT molecular complexity index is 1580. The summed E-state index contributed by atoms with van der Waals surface area (Å²) in [5.41, 5.74) is 7.32. The summed E-state index contributed by atoms with van der Waals surface area (Å²) in [6.45, 7) is 10.3. The van der Waals surface area contributed by atoms with Crippen molar-refractivity contribution in [3.8, 4) is 11.5 Å². The van der Waals surface area contributed by atoms with Gasteiger partial charge >= 0.3 is 0 Å². The van der Waals surface area contributed by atoms with Crippen LogP contribution in [-0.4, -0.2) is 73.9 Å². The van der Waals surface area contributed by atoms with E-state index < -0.39 is 0 Å². The Morgan fingerprint density at radius 3 is 2.00 bits per heavy atom. The lowest BCUT2D eigenvalue weighted by molar-refractivity contribution is -0.114. The molecule has 0 unspecified atom stereocenters. The highest BCUT2D eigenvalue weighted by Crippen LogP contribution is 2.36. The maximum Gasteiger partial charge on any atom is 0.246 e. The molecule has 1 fully saturated rings. The van der Waals surface area contributed by atoms with Crippen LogP contribution in [0.4, 0.5) is 5.69 Å². The van der Waals surface area contributed by atoms with Crippen molar-refractivity contribution in [3.63, 3.8) is 0 Å². The van der Waals surface area contributed by atoms with Gasteiger partial charge in [-0.3, -0.25) is 14.7 Å². The quantitative estimate of drug-likeness (QED) is 0.194. The van der Waals surface area contributed by atoms with Gasteiger partial charge in [-0.05, 0) is 56.0 Å². The van der Waals surface area contributed by atoms with Crippen LogP contribution in [0.2, 0.25) is 0 Å². The first-order chi connectivity index (χ1) is 22.6. The van der Waals surface area contributed by atoms with Crippen molar-refractivity contribution < 1.29 is 14.3 Å². The number of aliphatic imine (C=N–C) groups is 1. The molecule has 0 atom stereocenters. The standard InChI is InChI=1S/C39H44N4O3/c1-3-45-35-26-33-34(27-36(35)46-4-2)41-37(44)28-40-38(33)30-19-17-29(18-20-30)12-11-21-42-22-24-43(25-23-42)39(31-13-7-5-8-14-31)32-15-9-6-10-16-32/h5-10,13-20,26-27,39H,3-4,11-12,21-25,28H2,1-2H3,(H,41,44). The van der Waals surface area contributed by atoms with Crippen molar-refractivity contribution in [1.29, 1.82) is 0 Å². The molecule has 46 heavy (non-hydrogen) atoms. The number of anilines is 1. The SMILES string of the molecule is CCOc1cc2c(cc1OCC)C(c1ccc(CCCN3CCN(C(c4ccccc4)c4ccccc4)CC3)cc1)=NCC(=O)N2. The highest BCUT2D eigenvalue weighted by molar-refractivity contribution is 6.19. The molecule has 4 aromatic rings. The van der Waals surface area contributed by atoms with E-state index in [1.165, 1.54) is 16.7 Å². The predicted molar refractivity (Wildman–Crippen MR) is 185 cm³/mol. The van der Waals surface area contributed by atoms with Crippen molar-refractivity contribution in [2.75, 3.05) is 57.8 Å². The average Bonchev–Trinajstić information content (AvgIpc) is 3.25. The molecule has 7 nitrogen and oxygen atoms in total. The molecule has 1 amide bonds. The number of hydrogen-bond donors (Lipinski definition) is 1. The fourth-order valence-corrected chi connectivity index (χ4v) is 6.53. The second kappa shape index (κ2) is 15.2. The van der Waals surface area contributed by atoms with E-state index in [1.807, 2.05) is 26.0 Å². The molecule has 0 bridgehead atoms. The van der Waals surface area contributed by atoms with E-state index in [4.69, 9.17) is 14.5 Å². The fraction of sp³-hybridized carbons (Fsp3) is 0.333. The molecule has 238 valence electrons. The molecule has 0 saturated carbocycles. The topological polar surface area (TPSA) is 66.4 Å². The number of benzodiazepines with no additional fused rings is 1. The van der Waals surface area contributed by atoms with Crippen LogP contribution in [0.1, 0.15) is 54.1 Å². The zero-order valence-corrected chi connectivity index (χ0v) is 27.0. The smallest absolute Gasteiger partial charge is 0.246 e. The third-order valence-electron chi connectivity index (χ3n) is 8.76. The Morgan fingerprint density at radius 1 is 0.783 bits per heavy atom. The molecule has 0 aliphatic carbocycles. The predicted octanol–water partition coefficient (Wildman–Crippen LogP) is 6.61. The molecule has 2 aliphatic rings. The number of amides is 1. The maximum absolute atomic E-state index is 12.5. The number of piperazine rings is 1. The van der Waals surface area contributed by atoms with Crippen LogP contribution >= 0.6 is 0 Å². The molecule has 0 aromatic heterocycles. The second-order valence-corrected chi connectivity index (χ2v) is 11.8. The lowest BCUT2D eigenvalue weighted by atomic mass is 9.96. The number of carbonyl (C=O) groups excluding carboxylic acids is 1. The zero-order chi connectivity index (χ0) is 31.7. The Labute approximate surface area is 272 Å². The van der Waals surface area contributed by atoms with Gasteiger partial charge in [0.2, 0.25) is 5.91 Å². The van der Waals surface area contributed by atoms with Crippen LogP contribution < -0.4 is 14.8 Å². The largest absolute Gasteiger partial charge is 0.490 e. The van der Waals surface area contributed by atoms with E-state index in [9.17, 15) is 4.79 Å². The normalized spacial score (nSPS) is 15.5. The summed E-state index contributed by atoms with van der Waals surface area (Å²) < 4.78 is 11.7. The first kappa shape index (κ1) is 31.5. The monoisotopic (exact) mass is 616 g/mol. The van der Waals surface area contributed by atoms with Gasteiger partial charge < -0.3 is 19.7 Å². The Morgan fingerprint density at radius 2 is 1.39 bits per heavy atom. The van der Waals surface area contributed by atoms with E-state index in [0.717, 1.165) is 62.4 Å². The summed E-state index contributed by atoms with van der Waals surface area (Å²) >= 11 is 0. The van der Waals surface area contributed by atoms with Gasteiger partial charge in [-0.2, -0.15) is 0 Å². The number of nitrogens with zero attached hydrogens (tertiary/aromatic N) is 3. The molecule has 1 saturated heterocycles. The van der Waals surface area contributed by atoms with Crippen molar-refractivity contribution in [2.45, 2.75) is 32.7 Å². The number of carbonyl (C=O) groups is 1. The van der Waals surface area contributed by atoms with Crippen molar-refractivity contribution in [2.24, 2.45) is 4.99 Å². The van der Waals surface area contributed by atoms with Crippen molar-refractivity contribution >= 4 is 17.3 Å². The first-order valence-electron chi connectivity index (χ1n) is 16.6. The van der Waals surface area contributed by atoms with Crippen LogP contribution in [0.3, 0.4) is 0 Å². The van der Waals surface area contributed by atoms with Crippen molar-refractivity contribution in [3.05, 3.63) is 125 Å². The first-order valence-corrected chi connectivity index (χ1v) is 16.6. The summed E-state index contributed by atoms with van der Waals surface area (Å²) in [6, 6.07) is 34.5. The lowest BCUT2D eigenvalue weighted by Gasteiger charge is -2.39. The number of hydrogen-bond acceptors (Lipinski definition) is 6. The van der Waals surface area contributed by atoms with Crippen LogP contribution in [0.15, 0.2) is 102 Å². The van der Waals surface area contributed by atoms with Gasteiger partial charge in [0.1, 0.15) is 6.54 Å². The molecule has 1 N–H and O–H groups in total. The minimum atomic E-state index is -0.143. The van der Waals surface area contributed by atoms with Crippen LogP contribution in [0.25, 0.3) is 0 Å². The van der Waals surface area contributed by atoms with Gasteiger partial charge in [0.25, 0.3) is 0 Å². The van der Waals surface area contributed by atoms with E-state index in [-0.39, 0.29) is 12.5 Å². The molecule has 2 aliphatic heterocycles. The molecule has 7 heteroatoms. The maximum atomic E-state index is 12.5. The van der Waals surface area contributed by atoms with E-state index in [2.05, 4.69) is 100 Å². The third kappa shape index (κ3) is 7.49. The fourth-order valence-electron chi connectivity index (χ4n) is 6.53. The summed E-state index contributed by atoms with van der Waals surface area (Å²) in [6.07, 6.45) is 2.13. The summed E-state index contributed by atoms with van der Waals surface area (Å²) in [5, 5.41) is 2.99. The summed E-state index contributed by atoms with van der Waals surface area (Å²) in [4.78, 5) is 22.4. The van der Waals surface area contributed by atoms with Crippen LogP contribution in [0.5, 0.6) is 11.5 Å². The molecule has 6 rings (SSSR count). The van der Waals surface area contributed by atoms with Gasteiger partial charge in [-0.1, -0.05) is 84.9 Å². The summed E-state index contributed by atoms with van der Waals surface area (Å²) in [7, 11) is 0. The zero-order valence-electron chi connectivity index (χ0n) is 27.0. The summed E-state index contributed by atoms with van der Waals surface area (Å²) in [5.74, 6) is 1.13. The third-order valence-corrected chi connectivity index (χ3v) is 8.76. The number of rotatable bonds is 12. The second-order valence-electron chi connectivity index (χ2n) is 11.8. The number of ether oxygens (including phenoxy) is 2. The molecule has 0 radical (unpaired) electrons. The van der Waals surface area contributed by atoms with Gasteiger partial charge in [0.05, 0.1) is 30.7 Å². The Hall–Kier alpha value is -4.46. The lowest BCUT2D eigenvalue weighted by Crippen LogP contribution is -2.48. The number of aryl methyl sites for hydroxylation is 1. The number of nitrogens with one attached hydrogen (secondary N) is 1. The molecular formula is C39H44N4O3. The highest BCUT2D eigenvalue weighted by atomic mass is 16.5. The Kier molecular flexibility index (Phi) is 10.4. The minimum absolute atomic E-state index is 0.0738. The van der Waals surface area contributed by atoms with Gasteiger partial charge in [0, 0.05) is 43.4 Å². The van der Waals surface area contributed by atoms with E-state index in [0.29, 0.717) is 36.4 Å². The van der Waals surface area contributed by atoms with Crippen molar-refractivity contribution in [1.82, 2.24) is 9.80 Å². The number of benzene rings is 4. The number of fused-ring (bicyclic) bond motifs is 1. The minimum Gasteiger partial charge on any atom is -0.490 e. The van der Waals surface area contributed by atoms with Gasteiger partial charge in [0.15, 0.2) is 11.5 Å². The van der Waals surface area contributed by atoms with Crippen LogP contribution in [-0.2, 0) is 11.2 Å². The molecule has 4 aromatic carbocycles. The van der Waals surface area contributed by atoms with Gasteiger partial charge in [-0.15, -0.1) is 0 Å². The average molecular weight is 617 g/mol. The molecule has 0 spiro atoms. The van der Waals surface area contributed by atoms with Crippen LogP contribution in [0, 0.1) is 0 Å². The molecular weight excluding hydrogens is 572 g/mol. The van der Waals surface area contributed by atoms with E-state index >= 15 is 0 Å².